The maximum absolute atomic E-state index is 12.7. The van der Waals surface area contributed by atoms with Gasteiger partial charge < -0.3 is 19.4 Å². The van der Waals surface area contributed by atoms with Gasteiger partial charge in [0.05, 0.1) is 19.8 Å². The van der Waals surface area contributed by atoms with E-state index in [0.29, 0.717) is 28.0 Å². The molecule has 1 aromatic carbocycles. The number of hydrogen-bond acceptors (Lipinski definition) is 6. The van der Waals surface area contributed by atoms with Crippen LogP contribution in [0.3, 0.4) is 0 Å². The van der Waals surface area contributed by atoms with Crippen LogP contribution in [0.2, 0.25) is 0 Å². The fraction of sp³-hybridized carbons (Fsp3) is 0.389. The van der Waals surface area contributed by atoms with Crippen molar-refractivity contribution < 1.29 is 14.3 Å². The molecule has 2 aromatic rings. The van der Waals surface area contributed by atoms with Gasteiger partial charge in [0, 0.05) is 19.4 Å². The zero-order chi connectivity index (χ0) is 18.8. The Morgan fingerprint density at radius 1 is 1.27 bits per heavy atom. The third kappa shape index (κ3) is 3.16. The molecule has 138 valence electrons. The number of nitrogens with zero attached hydrogens (tertiary/aromatic N) is 2. The van der Waals surface area contributed by atoms with E-state index in [-0.39, 0.29) is 23.8 Å². The second-order valence-corrected chi connectivity index (χ2v) is 7.10. The van der Waals surface area contributed by atoms with Crippen LogP contribution in [-0.4, -0.2) is 35.4 Å². The standard InChI is InChI=1S/C18H21N3O4S/c1-5-26-18-20-17(23)15-11(9-14(22)19-16(15)21(18)2)10-6-7-12(24-3)13(8-10)25-4/h6-8,11H,5,9H2,1-4H3,(H,19,22). The Kier molecular flexibility index (Phi) is 5.22. The maximum atomic E-state index is 12.7. The summed E-state index contributed by atoms with van der Waals surface area (Å²) in [6.07, 6.45) is 0.180. The topological polar surface area (TPSA) is 82.5 Å². The van der Waals surface area contributed by atoms with Gasteiger partial charge >= 0.3 is 0 Å². The van der Waals surface area contributed by atoms with E-state index in [1.807, 2.05) is 13.0 Å². The fourth-order valence-electron chi connectivity index (χ4n) is 3.15. The predicted molar refractivity (Wildman–Crippen MR) is 101 cm³/mol. The third-order valence-corrected chi connectivity index (χ3v) is 5.30. The predicted octanol–water partition coefficient (Wildman–Crippen LogP) is 2.38. The van der Waals surface area contributed by atoms with E-state index >= 15 is 0 Å². The molecule has 2 heterocycles. The van der Waals surface area contributed by atoms with Gasteiger partial charge in [-0.2, -0.15) is 4.98 Å². The summed E-state index contributed by atoms with van der Waals surface area (Å²) in [6, 6.07) is 5.43. The van der Waals surface area contributed by atoms with Crippen molar-refractivity contribution in [2.24, 2.45) is 7.05 Å². The summed E-state index contributed by atoms with van der Waals surface area (Å²) in [5, 5.41) is 3.42. The maximum Gasteiger partial charge on any atom is 0.279 e. The molecule has 1 amide bonds. The number of nitrogens with one attached hydrogen (secondary N) is 1. The van der Waals surface area contributed by atoms with Crippen LogP contribution in [0.15, 0.2) is 28.2 Å². The number of rotatable bonds is 5. The smallest absolute Gasteiger partial charge is 0.279 e. The van der Waals surface area contributed by atoms with Crippen molar-refractivity contribution in [3.05, 3.63) is 39.7 Å². The van der Waals surface area contributed by atoms with Crippen LogP contribution < -0.4 is 20.3 Å². The molecule has 1 N–H and O–H groups in total. The van der Waals surface area contributed by atoms with Crippen molar-refractivity contribution in [1.29, 1.82) is 0 Å². The summed E-state index contributed by atoms with van der Waals surface area (Å²) in [6.45, 7) is 1.99. The van der Waals surface area contributed by atoms with E-state index in [4.69, 9.17) is 9.47 Å². The second kappa shape index (κ2) is 7.41. The zero-order valence-electron chi connectivity index (χ0n) is 15.2. The van der Waals surface area contributed by atoms with E-state index < -0.39 is 0 Å². The van der Waals surface area contributed by atoms with Crippen molar-refractivity contribution in [3.8, 4) is 11.5 Å². The molecule has 1 aromatic heterocycles. The van der Waals surface area contributed by atoms with Gasteiger partial charge in [-0.25, -0.2) is 0 Å². The minimum absolute atomic E-state index is 0.133. The highest BCUT2D eigenvalue weighted by atomic mass is 32.2. The van der Waals surface area contributed by atoms with Gasteiger partial charge in [0.1, 0.15) is 5.82 Å². The molecular formula is C18H21N3O4S. The Morgan fingerprint density at radius 3 is 2.65 bits per heavy atom. The first-order valence-corrected chi connectivity index (χ1v) is 9.24. The lowest BCUT2D eigenvalue weighted by molar-refractivity contribution is -0.116. The number of aromatic nitrogens is 2. The molecule has 1 unspecified atom stereocenters. The number of benzene rings is 1. The molecule has 0 aliphatic carbocycles. The van der Waals surface area contributed by atoms with Crippen LogP contribution in [0.4, 0.5) is 5.82 Å². The first-order valence-electron chi connectivity index (χ1n) is 8.25. The molecule has 0 saturated heterocycles. The normalized spacial score (nSPS) is 16.0. The number of fused-ring (bicyclic) bond motifs is 1. The molecule has 0 bridgehead atoms. The van der Waals surface area contributed by atoms with Crippen molar-refractivity contribution in [1.82, 2.24) is 9.55 Å². The number of carbonyl (C=O) groups excluding carboxylic acids is 1. The van der Waals surface area contributed by atoms with Crippen molar-refractivity contribution in [2.45, 2.75) is 24.4 Å². The number of thioether (sulfide) groups is 1. The Morgan fingerprint density at radius 2 is 2.00 bits per heavy atom. The van der Waals surface area contributed by atoms with E-state index in [2.05, 4.69) is 10.3 Å². The Hall–Kier alpha value is -2.48. The first kappa shape index (κ1) is 18.3. The van der Waals surface area contributed by atoms with E-state index in [9.17, 15) is 9.59 Å². The van der Waals surface area contributed by atoms with Gasteiger partial charge in [-0.1, -0.05) is 24.8 Å². The minimum atomic E-state index is -0.384. The lowest BCUT2D eigenvalue weighted by Gasteiger charge is -2.27. The van der Waals surface area contributed by atoms with Crippen LogP contribution in [0, 0.1) is 0 Å². The summed E-state index contributed by atoms with van der Waals surface area (Å²) >= 11 is 1.46. The molecule has 1 atom stereocenters. The molecule has 7 nitrogen and oxygen atoms in total. The van der Waals surface area contributed by atoms with Gasteiger partial charge in [0.25, 0.3) is 5.56 Å². The SMILES string of the molecule is CCSc1nc(=O)c2c(n1C)NC(=O)CC2c1ccc(OC)c(OC)c1. The lowest BCUT2D eigenvalue weighted by atomic mass is 9.86. The fourth-order valence-corrected chi connectivity index (χ4v) is 3.84. The molecule has 0 spiro atoms. The number of carbonyl (C=O) groups is 1. The summed E-state index contributed by atoms with van der Waals surface area (Å²) in [5.74, 6) is 1.93. The zero-order valence-corrected chi connectivity index (χ0v) is 16.0. The van der Waals surface area contributed by atoms with Gasteiger partial charge in [-0.3, -0.25) is 9.59 Å². The highest BCUT2D eigenvalue weighted by Crippen LogP contribution is 2.39. The molecule has 0 saturated carbocycles. The Bertz CT molecular complexity index is 910. The lowest BCUT2D eigenvalue weighted by Crippen LogP contribution is -2.33. The number of ether oxygens (including phenoxy) is 2. The minimum Gasteiger partial charge on any atom is -0.493 e. The largest absolute Gasteiger partial charge is 0.493 e. The molecule has 3 rings (SSSR count). The molecule has 0 radical (unpaired) electrons. The third-order valence-electron chi connectivity index (χ3n) is 4.38. The highest BCUT2D eigenvalue weighted by molar-refractivity contribution is 7.99. The van der Waals surface area contributed by atoms with Crippen LogP contribution in [0.1, 0.15) is 30.4 Å². The van der Waals surface area contributed by atoms with E-state index in [1.54, 1.807) is 38.0 Å². The summed E-state index contributed by atoms with van der Waals surface area (Å²) in [4.78, 5) is 29.3. The Labute approximate surface area is 155 Å². The molecular weight excluding hydrogens is 354 g/mol. The second-order valence-electron chi connectivity index (χ2n) is 5.87. The molecule has 1 aliphatic heterocycles. The quantitative estimate of drug-likeness (QED) is 0.638. The van der Waals surface area contributed by atoms with Crippen molar-refractivity contribution in [3.63, 3.8) is 0 Å². The molecule has 0 fully saturated rings. The van der Waals surface area contributed by atoms with Crippen LogP contribution in [-0.2, 0) is 11.8 Å². The van der Waals surface area contributed by atoms with Crippen molar-refractivity contribution in [2.75, 3.05) is 25.3 Å². The number of anilines is 1. The van der Waals surface area contributed by atoms with Crippen LogP contribution in [0.5, 0.6) is 11.5 Å². The summed E-state index contributed by atoms with van der Waals surface area (Å²) in [5.41, 5.74) is 1.00. The van der Waals surface area contributed by atoms with Gasteiger partial charge in [0.2, 0.25) is 5.91 Å². The number of amides is 1. The van der Waals surface area contributed by atoms with E-state index in [0.717, 1.165) is 11.3 Å². The van der Waals surface area contributed by atoms with Gasteiger partial charge in [-0.15, -0.1) is 0 Å². The molecule has 1 aliphatic rings. The summed E-state index contributed by atoms with van der Waals surface area (Å²) < 4.78 is 12.4. The van der Waals surface area contributed by atoms with Gasteiger partial charge in [-0.05, 0) is 23.4 Å². The summed E-state index contributed by atoms with van der Waals surface area (Å²) in [7, 11) is 4.92. The number of hydrogen-bond donors (Lipinski definition) is 1. The average Bonchev–Trinajstić information content (AvgIpc) is 2.64. The monoisotopic (exact) mass is 375 g/mol. The average molecular weight is 375 g/mol. The molecule has 8 heteroatoms. The van der Waals surface area contributed by atoms with E-state index in [1.165, 1.54) is 11.8 Å². The van der Waals surface area contributed by atoms with Crippen LogP contribution >= 0.6 is 11.8 Å². The number of methoxy groups -OCH3 is 2. The Balaban J connectivity index is 2.17. The first-order chi connectivity index (χ1) is 12.5. The van der Waals surface area contributed by atoms with Gasteiger partial charge in [0.15, 0.2) is 16.7 Å². The highest BCUT2D eigenvalue weighted by Gasteiger charge is 2.32. The van der Waals surface area contributed by atoms with Crippen LogP contribution in [0.25, 0.3) is 0 Å². The van der Waals surface area contributed by atoms with Crippen molar-refractivity contribution >= 4 is 23.5 Å². The molecule has 26 heavy (non-hydrogen) atoms.